The van der Waals surface area contributed by atoms with E-state index in [0.717, 1.165) is 9.87 Å². The van der Waals surface area contributed by atoms with Crippen molar-refractivity contribution in [3.63, 3.8) is 0 Å². The average Bonchev–Trinajstić information content (AvgIpc) is 2.88. The maximum absolute atomic E-state index is 13.9. The van der Waals surface area contributed by atoms with Crippen LogP contribution in [-0.4, -0.2) is 44.3 Å². The second-order valence-electron chi connectivity index (χ2n) is 8.89. The van der Waals surface area contributed by atoms with Gasteiger partial charge in [0.25, 0.3) is 10.0 Å². The molecule has 0 heterocycles. The quantitative estimate of drug-likeness (QED) is 0.352. The second-order valence-corrected chi connectivity index (χ2v) is 11.6. The molecule has 1 atom stereocenters. The fourth-order valence-electron chi connectivity index (χ4n) is 3.93. The number of aryl methyl sites for hydroxylation is 1. The predicted octanol–water partition coefficient (Wildman–Crippen LogP) is 5.36. The van der Waals surface area contributed by atoms with Crippen LogP contribution in [0.3, 0.4) is 0 Å². The number of carbonyl (C=O) groups is 2. The third kappa shape index (κ3) is 6.67. The molecule has 0 fully saturated rings. The van der Waals surface area contributed by atoms with Crippen molar-refractivity contribution >= 4 is 50.7 Å². The molecule has 0 aliphatic carbocycles. The van der Waals surface area contributed by atoms with Crippen molar-refractivity contribution in [1.29, 1.82) is 0 Å². The summed E-state index contributed by atoms with van der Waals surface area (Å²) in [5.74, 6) is -0.932. The van der Waals surface area contributed by atoms with E-state index < -0.39 is 28.5 Å². The number of carbonyl (C=O) groups excluding carboxylic acids is 2. The minimum atomic E-state index is -4.18. The lowest BCUT2D eigenvalue weighted by Crippen LogP contribution is -2.51. The fraction of sp³-hybridized carbons (Fsp3) is 0.286. The number of rotatable bonds is 10. The average molecular weight is 577 g/mol. The van der Waals surface area contributed by atoms with Crippen molar-refractivity contribution in [3.8, 4) is 0 Å². The molecule has 0 unspecified atom stereocenters. The lowest BCUT2D eigenvalue weighted by Gasteiger charge is -2.32. The van der Waals surface area contributed by atoms with Gasteiger partial charge in [0.2, 0.25) is 11.8 Å². The smallest absolute Gasteiger partial charge is 0.264 e. The molecule has 0 aliphatic heterocycles. The van der Waals surface area contributed by atoms with E-state index in [4.69, 9.17) is 23.2 Å². The van der Waals surface area contributed by atoms with Crippen LogP contribution in [0.5, 0.6) is 0 Å². The number of halogens is 2. The summed E-state index contributed by atoms with van der Waals surface area (Å²) >= 11 is 12.7. The van der Waals surface area contributed by atoms with Crippen molar-refractivity contribution in [2.75, 3.05) is 17.4 Å². The third-order valence-corrected chi connectivity index (χ3v) is 8.76. The molecule has 0 bridgehead atoms. The van der Waals surface area contributed by atoms with Crippen molar-refractivity contribution in [2.24, 2.45) is 0 Å². The Labute approximate surface area is 234 Å². The monoisotopic (exact) mass is 575 g/mol. The Kier molecular flexibility index (Phi) is 9.82. The van der Waals surface area contributed by atoms with Gasteiger partial charge in [-0.3, -0.25) is 13.9 Å². The molecule has 0 saturated carbocycles. The summed E-state index contributed by atoms with van der Waals surface area (Å²) in [6, 6.07) is 17.4. The van der Waals surface area contributed by atoms with Crippen LogP contribution in [-0.2, 0) is 26.2 Å². The minimum Gasteiger partial charge on any atom is -0.355 e. The number of hydrogen-bond donors (Lipinski definition) is 1. The van der Waals surface area contributed by atoms with Gasteiger partial charge in [0.05, 0.1) is 10.6 Å². The summed E-state index contributed by atoms with van der Waals surface area (Å²) < 4.78 is 28.8. The zero-order valence-electron chi connectivity index (χ0n) is 21.7. The first kappa shape index (κ1) is 29.5. The van der Waals surface area contributed by atoms with Crippen molar-refractivity contribution in [1.82, 2.24) is 10.2 Å². The van der Waals surface area contributed by atoms with Gasteiger partial charge in [0.15, 0.2) is 0 Å². The molecular formula is C28H31Cl2N3O4S. The van der Waals surface area contributed by atoms with Crippen molar-refractivity contribution in [2.45, 2.75) is 45.2 Å². The molecule has 3 aromatic carbocycles. The van der Waals surface area contributed by atoms with E-state index in [1.54, 1.807) is 75.4 Å². The molecule has 7 nitrogen and oxygen atoms in total. The van der Waals surface area contributed by atoms with Crippen LogP contribution in [0, 0.1) is 13.8 Å². The first-order valence-electron chi connectivity index (χ1n) is 12.1. The van der Waals surface area contributed by atoms with E-state index in [1.165, 1.54) is 17.0 Å². The summed E-state index contributed by atoms with van der Waals surface area (Å²) in [4.78, 5) is 28.0. The number of likely N-dealkylation sites (N-methyl/N-ethyl adjacent to an activating group) is 1. The maximum atomic E-state index is 13.9. The largest absolute Gasteiger partial charge is 0.355 e. The molecule has 0 aromatic heterocycles. The topological polar surface area (TPSA) is 86.8 Å². The summed E-state index contributed by atoms with van der Waals surface area (Å²) in [6.07, 6.45) is 0. The molecule has 3 aromatic rings. The van der Waals surface area contributed by atoms with Gasteiger partial charge in [0, 0.05) is 23.1 Å². The molecule has 3 rings (SSSR count). The number of benzene rings is 3. The van der Waals surface area contributed by atoms with E-state index >= 15 is 0 Å². The van der Waals surface area contributed by atoms with Crippen LogP contribution in [0.1, 0.15) is 30.5 Å². The highest BCUT2D eigenvalue weighted by molar-refractivity contribution is 7.92. The number of anilines is 1. The molecular weight excluding hydrogens is 545 g/mol. The first-order valence-corrected chi connectivity index (χ1v) is 14.3. The van der Waals surface area contributed by atoms with Gasteiger partial charge in [-0.2, -0.15) is 0 Å². The first-order chi connectivity index (χ1) is 18.0. The Morgan fingerprint density at radius 2 is 1.55 bits per heavy atom. The van der Waals surface area contributed by atoms with E-state index in [1.807, 2.05) is 6.92 Å². The number of nitrogens with one attached hydrogen (secondary N) is 1. The Morgan fingerprint density at radius 3 is 2.18 bits per heavy atom. The molecule has 1 N–H and O–H groups in total. The zero-order chi connectivity index (χ0) is 28.0. The van der Waals surface area contributed by atoms with Crippen LogP contribution in [0.2, 0.25) is 10.0 Å². The highest BCUT2D eigenvalue weighted by atomic mass is 35.5. The predicted molar refractivity (Wildman–Crippen MR) is 152 cm³/mol. The normalized spacial score (nSPS) is 12.1. The van der Waals surface area contributed by atoms with E-state index in [0.29, 0.717) is 27.7 Å². The van der Waals surface area contributed by atoms with Gasteiger partial charge >= 0.3 is 0 Å². The SMILES string of the molecule is CCNC(=O)[C@H](C)N(Cc1ccccc1Cl)C(=O)CN(c1cccc(Cl)c1C)S(=O)(=O)c1ccc(C)cc1. The Morgan fingerprint density at radius 1 is 0.921 bits per heavy atom. The Hall–Kier alpha value is -3.07. The van der Waals surface area contributed by atoms with Crippen LogP contribution in [0.25, 0.3) is 0 Å². The molecule has 0 spiro atoms. The van der Waals surface area contributed by atoms with E-state index in [2.05, 4.69) is 5.32 Å². The lowest BCUT2D eigenvalue weighted by molar-refractivity contribution is -0.139. The van der Waals surface area contributed by atoms with Gasteiger partial charge in [-0.05, 0) is 69.2 Å². The molecule has 2 amide bonds. The van der Waals surface area contributed by atoms with Gasteiger partial charge in [-0.25, -0.2) is 8.42 Å². The van der Waals surface area contributed by atoms with Crippen LogP contribution >= 0.6 is 23.2 Å². The molecule has 38 heavy (non-hydrogen) atoms. The number of sulfonamides is 1. The van der Waals surface area contributed by atoms with Crippen LogP contribution < -0.4 is 9.62 Å². The van der Waals surface area contributed by atoms with E-state index in [9.17, 15) is 18.0 Å². The van der Waals surface area contributed by atoms with Gasteiger partial charge in [-0.15, -0.1) is 0 Å². The molecule has 202 valence electrons. The van der Waals surface area contributed by atoms with E-state index in [-0.39, 0.29) is 23.0 Å². The minimum absolute atomic E-state index is 0.0176. The summed E-state index contributed by atoms with van der Waals surface area (Å²) in [6.45, 7) is 6.78. The number of amides is 2. The highest BCUT2D eigenvalue weighted by Gasteiger charge is 2.33. The van der Waals surface area contributed by atoms with Crippen molar-refractivity contribution < 1.29 is 18.0 Å². The Bertz CT molecular complexity index is 1410. The second kappa shape index (κ2) is 12.7. The standard InChI is InChI=1S/C28H31Cl2N3O4S/c1-5-31-28(35)21(4)32(17-22-9-6-7-10-25(22)30)27(34)18-33(26-12-8-11-24(29)20(26)3)38(36,37)23-15-13-19(2)14-16-23/h6-16,21H,5,17-18H2,1-4H3,(H,31,35)/t21-/m0/s1. The van der Waals surface area contributed by atoms with Crippen molar-refractivity contribution in [3.05, 3.63) is 93.5 Å². The van der Waals surface area contributed by atoms with Gasteiger partial charge in [0.1, 0.15) is 12.6 Å². The molecule has 0 radical (unpaired) electrons. The van der Waals surface area contributed by atoms with Crippen LogP contribution in [0.4, 0.5) is 5.69 Å². The summed E-state index contributed by atoms with van der Waals surface area (Å²) in [5.41, 5.74) is 2.31. The maximum Gasteiger partial charge on any atom is 0.264 e. The zero-order valence-corrected chi connectivity index (χ0v) is 24.1. The third-order valence-electron chi connectivity index (χ3n) is 6.21. The summed E-state index contributed by atoms with van der Waals surface area (Å²) in [7, 11) is -4.18. The molecule has 0 saturated heterocycles. The van der Waals surface area contributed by atoms with Gasteiger partial charge < -0.3 is 10.2 Å². The van der Waals surface area contributed by atoms with Crippen LogP contribution in [0.15, 0.2) is 71.6 Å². The summed E-state index contributed by atoms with van der Waals surface area (Å²) in [5, 5.41) is 3.53. The lowest BCUT2D eigenvalue weighted by atomic mass is 10.1. The highest BCUT2D eigenvalue weighted by Crippen LogP contribution is 2.31. The molecule has 10 heteroatoms. The Balaban J connectivity index is 2.09. The fourth-order valence-corrected chi connectivity index (χ4v) is 5.77. The van der Waals surface area contributed by atoms with Gasteiger partial charge in [-0.1, -0.05) is 65.2 Å². The molecule has 0 aliphatic rings. The number of hydrogen-bond acceptors (Lipinski definition) is 4. The number of nitrogens with zero attached hydrogens (tertiary/aromatic N) is 2.